The van der Waals surface area contributed by atoms with Crippen LogP contribution < -0.4 is 5.32 Å². The smallest absolute Gasteiger partial charge is 0.408 e. The summed E-state index contributed by atoms with van der Waals surface area (Å²) in [5.74, 6) is -0.755. The van der Waals surface area contributed by atoms with Crippen molar-refractivity contribution in [2.24, 2.45) is 5.92 Å². The summed E-state index contributed by atoms with van der Waals surface area (Å²) in [4.78, 5) is 42.3. The number of nitrogens with one attached hydrogen (secondary N) is 1. The highest BCUT2D eigenvalue weighted by molar-refractivity contribution is 5.88. The molecule has 1 saturated heterocycles. The first-order valence-electron chi connectivity index (χ1n) is 12.0. The third kappa shape index (κ3) is 6.25. The predicted octanol–water partition coefficient (Wildman–Crippen LogP) is 2.95. The number of carbonyl (C=O) groups is 3. The van der Waals surface area contributed by atoms with Crippen molar-refractivity contribution in [2.75, 3.05) is 20.2 Å². The summed E-state index contributed by atoms with van der Waals surface area (Å²) < 4.78 is 10.6. The van der Waals surface area contributed by atoms with Crippen LogP contribution in [0.15, 0.2) is 30.3 Å². The van der Waals surface area contributed by atoms with Crippen molar-refractivity contribution in [2.45, 2.75) is 77.2 Å². The van der Waals surface area contributed by atoms with Gasteiger partial charge in [-0.3, -0.25) is 9.59 Å². The average Bonchev–Trinajstić information content (AvgIpc) is 3.17. The fraction of sp³-hybridized carbons (Fsp3) is 0.640. The van der Waals surface area contributed by atoms with Crippen LogP contribution in [0.4, 0.5) is 4.79 Å². The molecule has 1 aromatic carbocycles. The standard InChI is InChI=1S/C25H37N3O5/c1-5-32-24(30)20-15-19(27(4)17(2)3)11-12-22(20)28-14-13-21(23(28)29)26-25(31)33-16-18-9-7-6-8-10-18/h6-10,17,19-22H,5,11-16H2,1-4H3,(H,26,31). The molecule has 1 aliphatic carbocycles. The first-order valence-corrected chi connectivity index (χ1v) is 12.0. The fourth-order valence-corrected chi connectivity index (χ4v) is 4.87. The summed E-state index contributed by atoms with van der Waals surface area (Å²) in [6, 6.07) is 9.20. The van der Waals surface area contributed by atoms with Gasteiger partial charge in [0.25, 0.3) is 0 Å². The van der Waals surface area contributed by atoms with Crippen molar-refractivity contribution < 1.29 is 23.9 Å². The lowest BCUT2D eigenvalue weighted by Gasteiger charge is -2.43. The Balaban J connectivity index is 1.61. The zero-order valence-electron chi connectivity index (χ0n) is 20.2. The summed E-state index contributed by atoms with van der Waals surface area (Å²) in [6.45, 7) is 7.06. The number of benzene rings is 1. The lowest BCUT2D eigenvalue weighted by Crippen LogP contribution is -2.53. The fourth-order valence-electron chi connectivity index (χ4n) is 4.87. The molecular formula is C25H37N3O5. The van der Waals surface area contributed by atoms with Crippen LogP contribution in [0.3, 0.4) is 0 Å². The molecule has 0 radical (unpaired) electrons. The molecule has 1 heterocycles. The van der Waals surface area contributed by atoms with Crippen molar-refractivity contribution in [3.63, 3.8) is 0 Å². The number of hydrogen-bond acceptors (Lipinski definition) is 6. The molecule has 182 valence electrons. The Morgan fingerprint density at radius 3 is 2.55 bits per heavy atom. The number of ether oxygens (including phenoxy) is 2. The maximum atomic E-state index is 13.2. The third-order valence-electron chi connectivity index (χ3n) is 6.91. The molecule has 2 aliphatic rings. The zero-order chi connectivity index (χ0) is 24.0. The minimum Gasteiger partial charge on any atom is -0.466 e. The van der Waals surface area contributed by atoms with Gasteiger partial charge < -0.3 is 24.6 Å². The molecule has 1 saturated carbocycles. The van der Waals surface area contributed by atoms with Crippen molar-refractivity contribution in [3.05, 3.63) is 35.9 Å². The molecule has 8 nitrogen and oxygen atoms in total. The lowest BCUT2D eigenvalue weighted by atomic mass is 9.80. The highest BCUT2D eigenvalue weighted by Gasteiger charge is 2.45. The first-order chi connectivity index (χ1) is 15.8. The molecule has 33 heavy (non-hydrogen) atoms. The maximum Gasteiger partial charge on any atom is 0.408 e. The molecule has 1 aliphatic heterocycles. The van der Waals surface area contributed by atoms with Gasteiger partial charge in [-0.25, -0.2) is 4.79 Å². The summed E-state index contributed by atoms with van der Waals surface area (Å²) >= 11 is 0. The van der Waals surface area contributed by atoms with Crippen LogP contribution >= 0.6 is 0 Å². The highest BCUT2D eigenvalue weighted by atomic mass is 16.5. The Morgan fingerprint density at radius 2 is 1.88 bits per heavy atom. The van der Waals surface area contributed by atoms with Gasteiger partial charge in [0.1, 0.15) is 12.6 Å². The molecule has 0 bridgehead atoms. The van der Waals surface area contributed by atoms with Crippen molar-refractivity contribution >= 4 is 18.0 Å². The SMILES string of the molecule is CCOC(=O)C1CC(N(C)C(C)C)CCC1N1CCC(NC(=O)OCc2ccccc2)C1=O. The number of esters is 1. The predicted molar refractivity (Wildman–Crippen MR) is 124 cm³/mol. The van der Waals surface area contributed by atoms with Gasteiger partial charge in [0.2, 0.25) is 5.91 Å². The molecule has 2 amide bonds. The van der Waals surface area contributed by atoms with Crippen molar-refractivity contribution in [1.29, 1.82) is 0 Å². The molecule has 0 spiro atoms. The van der Waals surface area contributed by atoms with E-state index in [1.807, 2.05) is 30.3 Å². The van der Waals surface area contributed by atoms with Gasteiger partial charge in [0, 0.05) is 24.7 Å². The van der Waals surface area contributed by atoms with Gasteiger partial charge in [-0.1, -0.05) is 30.3 Å². The quantitative estimate of drug-likeness (QED) is 0.602. The molecule has 1 N–H and O–H groups in total. The normalized spacial score (nSPS) is 25.4. The van der Waals surface area contributed by atoms with Crippen molar-refractivity contribution in [1.82, 2.24) is 15.1 Å². The molecule has 3 rings (SSSR count). The van der Waals surface area contributed by atoms with Crippen LogP contribution in [0.2, 0.25) is 0 Å². The van der Waals surface area contributed by atoms with Gasteiger partial charge in [-0.05, 0) is 59.1 Å². The molecular weight excluding hydrogens is 422 g/mol. The second-order valence-electron chi connectivity index (χ2n) is 9.23. The van der Waals surface area contributed by atoms with Crippen LogP contribution in [-0.2, 0) is 25.7 Å². The number of nitrogens with zero attached hydrogens (tertiary/aromatic N) is 2. The molecule has 2 fully saturated rings. The summed E-state index contributed by atoms with van der Waals surface area (Å²) in [5.41, 5.74) is 0.882. The van der Waals surface area contributed by atoms with E-state index < -0.39 is 12.1 Å². The Kier molecular flexibility index (Phi) is 8.72. The van der Waals surface area contributed by atoms with E-state index in [9.17, 15) is 14.4 Å². The van der Waals surface area contributed by atoms with E-state index in [0.717, 1.165) is 18.4 Å². The number of hydrogen-bond donors (Lipinski definition) is 1. The van der Waals surface area contributed by atoms with Gasteiger partial charge in [0.05, 0.1) is 12.5 Å². The summed E-state index contributed by atoms with van der Waals surface area (Å²) in [7, 11) is 2.08. The van der Waals surface area contributed by atoms with Crippen LogP contribution in [0.25, 0.3) is 0 Å². The number of carbonyl (C=O) groups excluding carboxylic acids is 3. The topological polar surface area (TPSA) is 88.2 Å². The Hall–Kier alpha value is -2.61. The van der Waals surface area contributed by atoms with E-state index in [1.54, 1.807) is 11.8 Å². The lowest BCUT2D eigenvalue weighted by molar-refractivity contribution is -0.154. The van der Waals surface area contributed by atoms with E-state index in [4.69, 9.17) is 9.47 Å². The monoisotopic (exact) mass is 459 g/mol. The van der Waals surface area contributed by atoms with E-state index in [2.05, 4.69) is 31.1 Å². The second kappa shape index (κ2) is 11.5. The average molecular weight is 460 g/mol. The Bertz CT molecular complexity index is 816. The van der Waals surface area contributed by atoms with Crippen molar-refractivity contribution in [3.8, 4) is 0 Å². The van der Waals surface area contributed by atoms with Gasteiger partial charge in [-0.15, -0.1) is 0 Å². The molecule has 8 heteroatoms. The molecule has 0 aromatic heterocycles. The minimum atomic E-state index is -0.632. The van der Waals surface area contributed by atoms with Gasteiger partial charge >= 0.3 is 12.1 Å². The number of rotatable bonds is 8. The van der Waals surface area contributed by atoms with Crippen LogP contribution in [-0.4, -0.2) is 72.1 Å². The van der Waals surface area contributed by atoms with E-state index in [0.29, 0.717) is 32.0 Å². The van der Waals surface area contributed by atoms with Gasteiger partial charge in [0.15, 0.2) is 0 Å². The van der Waals surface area contributed by atoms with Gasteiger partial charge in [-0.2, -0.15) is 0 Å². The number of amides is 2. The van der Waals surface area contributed by atoms with Crippen LogP contribution in [0.5, 0.6) is 0 Å². The van der Waals surface area contributed by atoms with E-state index >= 15 is 0 Å². The largest absolute Gasteiger partial charge is 0.466 e. The van der Waals surface area contributed by atoms with E-state index in [1.165, 1.54) is 0 Å². The van der Waals surface area contributed by atoms with Crippen LogP contribution in [0.1, 0.15) is 52.0 Å². The third-order valence-corrected chi connectivity index (χ3v) is 6.91. The molecule has 4 atom stereocenters. The number of likely N-dealkylation sites (tertiary alicyclic amines) is 1. The zero-order valence-corrected chi connectivity index (χ0v) is 20.2. The summed E-state index contributed by atoms with van der Waals surface area (Å²) in [5, 5.41) is 2.70. The highest BCUT2D eigenvalue weighted by Crippen LogP contribution is 2.34. The second-order valence-corrected chi connectivity index (χ2v) is 9.23. The summed E-state index contributed by atoms with van der Waals surface area (Å²) in [6.07, 6.45) is 2.21. The maximum absolute atomic E-state index is 13.2. The molecule has 4 unspecified atom stereocenters. The Morgan fingerprint density at radius 1 is 1.15 bits per heavy atom. The first kappa shape index (κ1) is 25.0. The van der Waals surface area contributed by atoms with Crippen LogP contribution in [0, 0.1) is 5.92 Å². The van der Waals surface area contributed by atoms with E-state index in [-0.39, 0.29) is 36.5 Å². The number of alkyl carbamates (subject to hydrolysis) is 1. The molecule has 1 aromatic rings. The minimum absolute atomic E-state index is 0.148. The Labute approximate surface area is 196 Å².